The molecule has 2 heteroatoms. The highest BCUT2D eigenvalue weighted by Gasteiger charge is 2.37. The average molecular weight is 516 g/mol. The van der Waals surface area contributed by atoms with E-state index in [9.17, 15) is 0 Å². The Labute approximate surface area is 230 Å². The summed E-state index contributed by atoms with van der Waals surface area (Å²) in [4.78, 5) is 0. The molecule has 0 atom stereocenters. The summed E-state index contributed by atoms with van der Waals surface area (Å²) >= 11 is 1.98. The Morgan fingerprint density at radius 2 is 1.28 bits per heavy atom. The summed E-state index contributed by atoms with van der Waals surface area (Å²) in [5.74, 6) is 0. The number of rotatable bonds is 1. The molecule has 0 amide bonds. The number of benzene rings is 6. The largest absolute Gasteiger partial charge is 0.308 e. The van der Waals surface area contributed by atoms with Crippen molar-refractivity contribution in [1.29, 1.82) is 0 Å². The van der Waals surface area contributed by atoms with Crippen LogP contribution in [0.25, 0.3) is 69.6 Å². The van der Waals surface area contributed by atoms with Crippen molar-refractivity contribution in [2.24, 2.45) is 0 Å². The SMILES string of the molecule is CC1(C)c2ccccc2-c2ccc3c(sc4c3ccc3c5ccccc5n(-c5ccc6ccccc6c5)c34)c21. The first-order valence-corrected chi connectivity index (χ1v) is 14.4. The van der Waals surface area contributed by atoms with Crippen LogP contribution in [0.1, 0.15) is 25.0 Å². The zero-order chi connectivity index (χ0) is 25.9. The van der Waals surface area contributed by atoms with Gasteiger partial charge in [-0.1, -0.05) is 111 Å². The molecule has 1 aliphatic rings. The number of fused-ring (bicyclic) bond motifs is 12. The third-order valence-electron chi connectivity index (χ3n) is 8.95. The van der Waals surface area contributed by atoms with Crippen molar-refractivity contribution in [3.63, 3.8) is 0 Å². The van der Waals surface area contributed by atoms with E-state index >= 15 is 0 Å². The van der Waals surface area contributed by atoms with Crippen LogP contribution in [-0.4, -0.2) is 4.57 Å². The van der Waals surface area contributed by atoms with Crippen LogP contribution in [0.5, 0.6) is 0 Å². The molecule has 2 aromatic heterocycles. The lowest BCUT2D eigenvalue weighted by Crippen LogP contribution is -2.14. The summed E-state index contributed by atoms with van der Waals surface area (Å²) in [6, 6.07) is 42.7. The van der Waals surface area contributed by atoms with Crippen LogP contribution in [-0.2, 0) is 5.41 Å². The molecule has 39 heavy (non-hydrogen) atoms. The number of aromatic nitrogens is 1. The van der Waals surface area contributed by atoms with E-state index in [1.54, 1.807) is 0 Å². The molecular formula is C37H25NS. The van der Waals surface area contributed by atoms with Gasteiger partial charge in [-0.2, -0.15) is 0 Å². The van der Waals surface area contributed by atoms with E-state index in [1.807, 2.05) is 11.3 Å². The highest BCUT2D eigenvalue weighted by Crippen LogP contribution is 2.54. The van der Waals surface area contributed by atoms with Gasteiger partial charge in [-0.15, -0.1) is 11.3 Å². The average Bonchev–Trinajstić information content (AvgIpc) is 3.59. The molecule has 9 rings (SSSR count). The minimum Gasteiger partial charge on any atom is -0.308 e. The van der Waals surface area contributed by atoms with Gasteiger partial charge < -0.3 is 4.57 Å². The monoisotopic (exact) mass is 515 g/mol. The van der Waals surface area contributed by atoms with Crippen molar-refractivity contribution < 1.29 is 0 Å². The number of nitrogens with zero attached hydrogens (tertiary/aromatic N) is 1. The fourth-order valence-corrected chi connectivity index (χ4v) is 8.72. The summed E-state index contributed by atoms with van der Waals surface area (Å²) in [6.07, 6.45) is 0. The highest BCUT2D eigenvalue weighted by atomic mass is 32.1. The van der Waals surface area contributed by atoms with Gasteiger partial charge in [0.05, 0.1) is 15.7 Å². The third kappa shape index (κ3) is 2.69. The fraction of sp³-hybridized carbons (Fsp3) is 0.0811. The zero-order valence-electron chi connectivity index (χ0n) is 21.8. The Balaban J connectivity index is 1.44. The second-order valence-corrected chi connectivity index (χ2v) is 12.4. The van der Waals surface area contributed by atoms with Crippen molar-refractivity contribution in [2.45, 2.75) is 19.3 Å². The third-order valence-corrected chi connectivity index (χ3v) is 10.2. The lowest BCUT2D eigenvalue weighted by atomic mass is 9.82. The molecule has 0 saturated carbocycles. The van der Waals surface area contributed by atoms with Gasteiger partial charge >= 0.3 is 0 Å². The van der Waals surface area contributed by atoms with Crippen molar-refractivity contribution in [3.8, 4) is 16.8 Å². The highest BCUT2D eigenvalue weighted by molar-refractivity contribution is 7.27. The maximum absolute atomic E-state index is 2.49. The number of hydrogen-bond acceptors (Lipinski definition) is 1. The number of para-hydroxylation sites is 1. The lowest BCUT2D eigenvalue weighted by molar-refractivity contribution is 0.667. The summed E-state index contributed by atoms with van der Waals surface area (Å²) in [5.41, 5.74) is 9.43. The van der Waals surface area contributed by atoms with E-state index in [2.05, 4.69) is 134 Å². The minimum absolute atomic E-state index is 0.0313. The first-order valence-electron chi connectivity index (χ1n) is 13.6. The van der Waals surface area contributed by atoms with E-state index in [1.165, 1.54) is 80.7 Å². The molecule has 0 aliphatic heterocycles. The molecule has 1 aliphatic carbocycles. The predicted octanol–water partition coefficient (Wildman–Crippen LogP) is 10.6. The summed E-state index contributed by atoms with van der Waals surface area (Å²) in [6.45, 7) is 4.78. The number of hydrogen-bond donors (Lipinski definition) is 0. The van der Waals surface area contributed by atoms with Crippen molar-refractivity contribution >= 4 is 64.1 Å². The maximum Gasteiger partial charge on any atom is 0.0719 e. The first kappa shape index (κ1) is 21.5. The molecule has 0 spiro atoms. The lowest BCUT2D eigenvalue weighted by Gasteiger charge is -2.22. The van der Waals surface area contributed by atoms with E-state index < -0.39 is 0 Å². The normalized spacial score (nSPS) is 14.1. The van der Waals surface area contributed by atoms with Gasteiger partial charge in [-0.05, 0) is 51.2 Å². The molecule has 0 radical (unpaired) electrons. The van der Waals surface area contributed by atoms with E-state index in [0.29, 0.717) is 0 Å². The van der Waals surface area contributed by atoms with Gasteiger partial charge in [0.2, 0.25) is 0 Å². The molecule has 0 N–H and O–H groups in total. The van der Waals surface area contributed by atoms with E-state index in [4.69, 9.17) is 0 Å². The molecule has 2 heterocycles. The topological polar surface area (TPSA) is 4.93 Å². The Hall–Kier alpha value is -4.40. The smallest absolute Gasteiger partial charge is 0.0719 e. The van der Waals surface area contributed by atoms with Gasteiger partial charge in [0.15, 0.2) is 0 Å². The Kier molecular flexibility index (Phi) is 4.07. The molecule has 1 nitrogen and oxygen atoms in total. The van der Waals surface area contributed by atoms with Gasteiger partial charge in [-0.25, -0.2) is 0 Å². The Bertz CT molecular complexity index is 2310. The van der Waals surface area contributed by atoms with E-state index in [0.717, 1.165) is 0 Å². The van der Waals surface area contributed by atoms with Crippen LogP contribution in [0.15, 0.2) is 115 Å². The standard InChI is InChI=1S/C37H25NS/c1-37(2)31-13-7-5-11-25(31)27-17-19-29-30-20-18-28-26-12-6-8-14-32(26)38(34(28)36(30)39-35(29)33(27)37)24-16-15-22-9-3-4-10-23(22)21-24/h3-21H,1-2H3. The summed E-state index contributed by atoms with van der Waals surface area (Å²) in [7, 11) is 0. The van der Waals surface area contributed by atoms with Gasteiger partial charge in [0.1, 0.15) is 0 Å². The molecule has 0 fully saturated rings. The zero-order valence-corrected chi connectivity index (χ0v) is 22.6. The molecule has 184 valence electrons. The van der Waals surface area contributed by atoms with Crippen LogP contribution in [0.4, 0.5) is 0 Å². The number of thiophene rings is 1. The Morgan fingerprint density at radius 1 is 0.564 bits per heavy atom. The predicted molar refractivity (Wildman–Crippen MR) is 169 cm³/mol. The van der Waals surface area contributed by atoms with Crippen molar-refractivity contribution in [1.82, 2.24) is 4.57 Å². The van der Waals surface area contributed by atoms with E-state index in [-0.39, 0.29) is 5.41 Å². The minimum atomic E-state index is -0.0313. The molecule has 6 aromatic carbocycles. The Morgan fingerprint density at radius 3 is 2.21 bits per heavy atom. The van der Waals surface area contributed by atoms with Crippen molar-refractivity contribution in [3.05, 3.63) is 126 Å². The van der Waals surface area contributed by atoms with Crippen molar-refractivity contribution in [2.75, 3.05) is 0 Å². The quantitative estimate of drug-likeness (QED) is 0.205. The second-order valence-electron chi connectivity index (χ2n) is 11.4. The van der Waals surface area contributed by atoms with Crippen LogP contribution < -0.4 is 0 Å². The van der Waals surface area contributed by atoms with Gasteiger partial charge in [0, 0.05) is 37.3 Å². The van der Waals surface area contributed by atoms with Crippen LogP contribution in [0, 0.1) is 0 Å². The first-order chi connectivity index (χ1) is 19.1. The second kappa shape index (κ2) is 7.37. The maximum atomic E-state index is 2.49. The van der Waals surface area contributed by atoms with Crippen LogP contribution >= 0.6 is 11.3 Å². The van der Waals surface area contributed by atoms with Crippen LogP contribution in [0.3, 0.4) is 0 Å². The molecule has 0 saturated heterocycles. The molecule has 8 aromatic rings. The van der Waals surface area contributed by atoms with Gasteiger partial charge in [-0.3, -0.25) is 0 Å². The fourth-order valence-electron chi connectivity index (χ4n) is 7.17. The molecular weight excluding hydrogens is 490 g/mol. The van der Waals surface area contributed by atoms with Gasteiger partial charge in [0.25, 0.3) is 0 Å². The molecule has 0 bridgehead atoms. The van der Waals surface area contributed by atoms with Crippen LogP contribution in [0.2, 0.25) is 0 Å². The molecule has 0 unspecified atom stereocenters. The summed E-state index contributed by atoms with van der Waals surface area (Å²) in [5, 5.41) is 7.87. The summed E-state index contributed by atoms with van der Waals surface area (Å²) < 4.78 is 5.29.